The second kappa shape index (κ2) is 8.53. The van der Waals surface area contributed by atoms with E-state index >= 15 is 0 Å². The maximum Gasteiger partial charge on any atom is 0.305 e. The Morgan fingerprint density at radius 3 is 2.79 bits per heavy atom. The summed E-state index contributed by atoms with van der Waals surface area (Å²) in [6.07, 6.45) is 0.959. The number of furan rings is 1. The molecule has 2 aromatic heterocycles. The molecule has 0 aliphatic carbocycles. The minimum absolute atomic E-state index is 0.199. The zero-order valence-electron chi connectivity index (χ0n) is 16.0. The van der Waals surface area contributed by atoms with Crippen molar-refractivity contribution in [2.45, 2.75) is 19.8 Å². The molecule has 5 nitrogen and oxygen atoms in total. The molecular formula is C23H20ClNO4. The first-order valence-corrected chi connectivity index (χ1v) is 9.89. The highest BCUT2D eigenvalue weighted by Gasteiger charge is 2.10. The van der Waals surface area contributed by atoms with E-state index < -0.39 is 0 Å². The summed E-state index contributed by atoms with van der Waals surface area (Å²) in [5, 5.41) is 2.60. The lowest BCUT2D eigenvalue weighted by molar-refractivity contribution is -0.143. The molecule has 0 unspecified atom stereocenters. The van der Waals surface area contributed by atoms with Gasteiger partial charge in [-0.15, -0.1) is 0 Å². The standard InChI is InChI=1S/C23H20ClNO4/c1-2-27-23(26)4-3-11-28-18-8-10-21-16(12-18)13-22(29-21)19-9-6-15-5-7-17(24)14-20(15)25-19/h5-10,12-14H,2-4,11H2,1H3. The molecule has 0 aliphatic heterocycles. The van der Waals surface area contributed by atoms with Gasteiger partial charge in [0.1, 0.15) is 17.0 Å². The number of halogens is 1. The first-order chi connectivity index (χ1) is 14.1. The molecular weight excluding hydrogens is 390 g/mol. The zero-order chi connectivity index (χ0) is 20.2. The fraction of sp³-hybridized carbons (Fsp3) is 0.217. The summed E-state index contributed by atoms with van der Waals surface area (Å²) >= 11 is 6.08. The van der Waals surface area contributed by atoms with Gasteiger partial charge in [-0.25, -0.2) is 4.98 Å². The molecule has 0 saturated heterocycles. The molecule has 0 N–H and O–H groups in total. The van der Waals surface area contributed by atoms with E-state index in [1.807, 2.05) is 54.6 Å². The fourth-order valence-corrected chi connectivity index (χ4v) is 3.27. The number of fused-ring (bicyclic) bond motifs is 2. The van der Waals surface area contributed by atoms with E-state index in [4.69, 9.17) is 25.5 Å². The average molecular weight is 410 g/mol. The highest BCUT2D eigenvalue weighted by Crippen LogP contribution is 2.30. The Morgan fingerprint density at radius 2 is 1.93 bits per heavy atom. The van der Waals surface area contributed by atoms with Crippen LogP contribution in [0.3, 0.4) is 0 Å². The van der Waals surface area contributed by atoms with Gasteiger partial charge in [0.2, 0.25) is 0 Å². The van der Waals surface area contributed by atoms with Crippen molar-refractivity contribution in [3.8, 4) is 17.2 Å². The van der Waals surface area contributed by atoms with Gasteiger partial charge in [-0.3, -0.25) is 4.79 Å². The third-order valence-electron chi connectivity index (χ3n) is 4.49. The molecule has 29 heavy (non-hydrogen) atoms. The predicted molar refractivity (Wildman–Crippen MR) is 113 cm³/mol. The Bertz CT molecular complexity index is 1170. The predicted octanol–water partition coefficient (Wildman–Crippen LogP) is 6.02. The number of aromatic nitrogens is 1. The Labute approximate surface area is 173 Å². The van der Waals surface area contributed by atoms with Crippen LogP contribution >= 0.6 is 11.6 Å². The molecule has 0 aliphatic rings. The van der Waals surface area contributed by atoms with Crippen molar-refractivity contribution >= 4 is 39.4 Å². The average Bonchev–Trinajstić information content (AvgIpc) is 3.14. The molecule has 2 aromatic carbocycles. The summed E-state index contributed by atoms with van der Waals surface area (Å²) in [5.41, 5.74) is 2.32. The molecule has 0 amide bonds. The van der Waals surface area contributed by atoms with Crippen molar-refractivity contribution in [1.29, 1.82) is 0 Å². The van der Waals surface area contributed by atoms with Gasteiger partial charge in [0.05, 0.1) is 18.7 Å². The van der Waals surface area contributed by atoms with Gasteiger partial charge in [0.25, 0.3) is 0 Å². The molecule has 0 spiro atoms. The van der Waals surface area contributed by atoms with E-state index in [1.54, 1.807) is 6.92 Å². The van der Waals surface area contributed by atoms with Gasteiger partial charge in [0, 0.05) is 22.2 Å². The maximum absolute atomic E-state index is 11.4. The van der Waals surface area contributed by atoms with Crippen LogP contribution in [0.5, 0.6) is 5.75 Å². The number of carbonyl (C=O) groups excluding carboxylic acids is 1. The third-order valence-corrected chi connectivity index (χ3v) is 4.73. The minimum Gasteiger partial charge on any atom is -0.494 e. The Balaban J connectivity index is 1.49. The van der Waals surface area contributed by atoms with E-state index in [-0.39, 0.29) is 5.97 Å². The van der Waals surface area contributed by atoms with Crippen LogP contribution in [0.1, 0.15) is 19.8 Å². The van der Waals surface area contributed by atoms with Crippen LogP contribution in [0, 0.1) is 0 Å². The summed E-state index contributed by atoms with van der Waals surface area (Å²) in [6, 6.07) is 17.2. The van der Waals surface area contributed by atoms with Crippen LogP contribution in [0.15, 0.2) is 59.0 Å². The van der Waals surface area contributed by atoms with E-state index in [0.717, 1.165) is 33.3 Å². The van der Waals surface area contributed by atoms with Crippen LogP contribution in [0.2, 0.25) is 5.02 Å². The molecule has 0 radical (unpaired) electrons. The van der Waals surface area contributed by atoms with Crippen LogP contribution in [0.4, 0.5) is 0 Å². The maximum atomic E-state index is 11.4. The molecule has 148 valence electrons. The molecule has 4 aromatic rings. The number of carbonyl (C=O) groups is 1. The lowest BCUT2D eigenvalue weighted by atomic mass is 10.2. The summed E-state index contributed by atoms with van der Waals surface area (Å²) in [4.78, 5) is 16.0. The molecule has 0 fully saturated rings. The number of esters is 1. The third kappa shape index (κ3) is 4.51. The first kappa shape index (κ1) is 19.3. The van der Waals surface area contributed by atoms with Crippen molar-refractivity contribution in [2.24, 2.45) is 0 Å². The number of nitrogens with zero attached hydrogens (tertiary/aromatic N) is 1. The zero-order valence-corrected chi connectivity index (χ0v) is 16.7. The smallest absolute Gasteiger partial charge is 0.305 e. The Hall–Kier alpha value is -3.05. The van der Waals surface area contributed by atoms with E-state index in [0.29, 0.717) is 36.8 Å². The first-order valence-electron chi connectivity index (χ1n) is 9.51. The number of ether oxygens (including phenoxy) is 2. The second-order valence-corrected chi connectivity index (χ2v) is 7.04. The molecule has 2 heterocycles. The van der Waals surface area contributed by atoms with E-state index in [2.05, 4.69) is 4.98 Å². The van der Waals surface area contributed by atoms with Gasteiger partial charge in [-0.2, -0.15) is 0 Å². The van der Waals surface area contributed by atoms with Gasteiger partial charge < -0.3 is 13.9 Å². The minimum atomic E-state index is -0.199. The fourth-order valence-electron chi connectivity index (χ4n) is 3.10. The van der Waals surface area contributed by atoms with E-state index in [1.165, 1.54) is 0 Å². The quantitative estimate of drug-likeness (QED) is 0.276. The highest BCUT2D eigenvalue weighted by molar-refractivity contribution is 6.31. The molecule has 0 saturated carbocycles. The van der Waals surface area contributed by atoms with Crippen LogP contribution in [-0.4, -0.2) is 24.2 Å². The van der Waals surface area contributed by atoms with E-state index in [9.17, 15) is 4.79 Å². The molecule has 0 bridgehead atoms. The number of pyridine rings is 1. The Kier molecular flexibility index (Phi) is 5.67. The number of rotatable bonds is 7. The van der Waals surface area contributed by atoms with Crippen molar-refractivity contribution < 1.29 is 18.7 Å². The molecule has 4 rings (SSSR count). The summed E-state index contributed by atoms with van der Waals surface area (Å²) in [5.74, 6) is 1.21. The van der Waals surface area contributed by atoms with Crippen molar-refractivity contribution in [3.05, 3.63) is 59.6 Å². The van der Waals surface area contributed by atoms with Gasteiger partial charge >= 0.3 is 5.97 Å². The summed E-state index contributed by atoms with van der Waals surface area (Å²) in [6.45, 7) is 2.64. The van der Waals surface area contributed by atoms with Crippen molar-refractivity contribution in [3.63, 3.8) is 0 Å². The van der Waals surface area contributed by atoms with Gasteiger partial charge in [-0.05, 0) is 55.8 Å². The van der Waals surface area contributed by atoms with Crippen LogP contribution in [0.25, 0.3) is 33.3 Å². The summed E-state index contributed by atoms with van der Waals surface area (Å²) < 4.78 is 16.6. The monoisotopic (exact) mass is 409 g/mol. The highest BCUT2D eigenvalue weighted by atomic mass is 35.5. The number of benzene rings is 2. The number of hydrogen-bond donors (Lipinski definition) is 0. The van der Waals surface area contributed by atoms with Gasteiger partial charge in [-0.1, -0.05) is 23.7 Å². The van der Waals surface area contributed by atoms with Crippen LogP contribution < -0.4 is 4.74 Å². The second-order valence-electron chi connectivity index (χ2n) is 6.60. The van der Waals surface area contributed by atoms with Crippen LogP contribution in [-0.2, 0) is 9.53 Å². The SMILES string of the molecule is CCOC(=O)CCCOc1ccc2oc(-c3ccc4ccc(Cl)cc4n3)cc2c1. The largest absolute Gasteiger partial charge is 0.494 e. The molecule has 6 heteroatoms. The normalized spacial score (nSPS) is 11.1. The Morgan fingerprint density at radius 1 is 1.07 bits per heavy atom. The topological polar surface area (TPSA) is 61.6 Å². The summed E-state index contributed by atoms with van der Waals surface area (Å²) in [7, 11) is 0. The lowest BCUT2D eigenvalue weighted by Gasteiger charge is -2.05. The molecule has 0 atom stereocenters. The van der Waals surface area contributed by atoms with Gasteiger partial charge in [0.15, 0.2) is 5.76 Å². The lowest BCUT2D eigenvalue weighted by Crippen LogP contribution is -2.06. The van der Waals surface area contributed by atoms with Crippen molar-refractivity contribution in [2.75, 3.05) is 13.2 Å². The number of hydrogen-bond acceptors (Lipinski definition) is 5. The van der Waals surface area contributed by atoms with Crippen molar-refractivity contribution in [1.82, 2.24) is 4.98 Å².